The standard InChI is InChI=1S/C22H28N4O2.HI/c1-15-4-10-20(11-5-15)25-22(23)24-12-18-6-8-19(9-7-18)21(27)26-13-16(2)28-17(3)14-26;/h4-11,16-17H,12-14H2,1-3H3,(H3,23,24,25);1H. The molecule has 156 valence electrons. The molecule has 6 nitrogen and oxygen atoms in total. The van der Waals surface area contributed by atoms with Crippen LogP contribution >= 0.6 is 24.0 Å². The zero-order valence-corrected chi connectivity index (χ0v) is 19.4. The summed E-state index contributed by atoms with van der Waals surface area (Å²) >= 11 is 0. The molecule has 2 aromatic carbocycles. The summed E-state index contributed by atoms with van der Waals surface area (Å²) in [5.41, 5.74) is 9.73. The minimum atomic E-state index is 0. The normalized spacial score (nSPS) is 19.4. The minimum absolute atomic E-state index is 0. The van der Waals surface area contributed by atoms with Gasteiger partial charge < -0.3 is 20.7 Å². The Morgan fingerprint density at radius 2 is 1.69 bits per heavy atom. The summed E-state index contributed by atoms with van der Waals surface area (Å²) < 4.78 is 5.70. The highest BCUT2D eigenvalue weighted by atomic mass is 127. The van der Waals surface area contributed by atoms with E-state index in [-0.39, 0.29) is 42.1 Å². The molecule has 0 aliphatic carbocycles. The largest absolute Gasteiger partial charge is 0.372 e. The molecular weight excluding hydrogens is 479 g/mol. The van der Waals surface area contributed by atoms with E-state index in [2.05, 4.69) is 10.3 Å². The number of rotatable bonds is 4. The van der Waals surface area contributed by atoms with Crippen LogP contribution in [0.3, 0.4) is 0 Å². The summed E-state index contributed by atoms with van der Waals surface area (Å²) in [6.45, 7) is 7.71. The van der Waals surface area contributed by atoms with Crippen molar-refractivity contribution in [3.8, 4) is 0 Å². The summed E-state index contributed by atoms with van der Waals surface area (Å²) in [5, 5.41) is 3.08. The van der Waals surface area contributed by atoms with Gasteiger partial charge in [-0.1, -0.05) is 29.8 Å². The van der Waals surface area contributed by atoms with Crippen molar-refractivity contribution < 1.29 is 9.53 Å². The van der Waals surface area contributed by atoms with Gasteiger partial charge in [0.15, 0.2) is 5.96 Å². The fraction of sp³-hybridized carbons (Fsp3) is 0.364. The molecule has 29 heavy (non-hydrogen) atoms. The Hall–Kier alpha value is -2.13. The van der Waals surface area contributed by atoms with Crippen LogP contribution in [0.1, 0.15) is 35.3 Å². The molecule has 0 saturated carbocycles. The van der Waals surface area contributed by atoms with Gasteiger partial charge in [0.25, 0.3) is 5.91 Å². The molecule has 1 amide bonds. The van der Waals surface area contributed by atoms with Crippen molar-refractivity contribution in [2.24, 2.45) is 10.7 Å². The second-order valence-electron chi connectivity index (χ2n) is 7.36. The molecule has 0 bridgehead atoms. The van der Waals surface area contributed by atoms with Crippen molar-refractivity contribution in [1.29, 1.82) is 0 Å². The molecule has 2 atom stereocenters. The lowest BCUT2D eigenvalue weighted by molar-refractivity contribution is -0.0586. The third kappa shape index (κ3) is 6.71. The van der Waals surface area contributed by atoms with Gasteiger partial charge in [0, 0.05) is 24.3 Å². The molecule has 0 radical (unpaired) electrons. The highest BCUT2D eigenvalue weighted by molar-refractivity contribution is 14.0. The van der Waals surface area contributed by atoms with Gasteiger partial charge >= 0.3 is 0 Å². The third-order valence-corrected chi connectivity index (χ3v) is 4.66. The number of carbonyl (C=O) groups is 1. The molecule has 3 rings (SSSR count). The van der Waals surface area contributed by atoms with Crippen molar-refractivity contribution in [3.63, 3.8) is 0 Å². The molecule has 1 saturated heterocycles. The topological polar surface area (TPSA) is 79.9 Å². The monoisotopic (exact) mass is 508 g/mol. The van der Waals surface area contributed by atoms with Gasteiger partial charge in [0.2, 0.25) is 0 Å². The van der Waals surface area contributed by atoms with Crippen molar-refractivity contribution in [2.45, 2.75) is 39.5 Å². The molecule has 1 heterocycles. The number of ether oxygens (including phenoxy) is 1. The lowest BCUT2D eigenvalue weighted by Crippen LogP contribution is -2.48. The first-order chi connectivity index (χ1) is 13.4. The van der Waals surface area contributed by atoms with Crippen LogP contribution in [-0.4, -0.2) is 42.1 Å². The second kappa shape index (κ2) is 10.6. The molecular formula is C22H29IN4O2. The predicted molar refractivity (Wildman–Crippen MR) is 128 cm³/mol. The van der Waals surface area contributed by atoms with Gasteiger partial charge in [-0.3, -0.25) is 4.79 Å². The molecule has 1 aliphatic rings. The molecule has 0 aromatic heterocycles. The van der Waals surface area contributed by atoms with E-state index < -0.39 is 0 Å². The Labute approximate surface area is 189 Å². The van der Waals surface area contributed by atoms with E-state index in [1.165, 1.54) is 5.56 Å². The highest BCUT2D eigenvalue weighted by Gasteiger charge is 2.26. The average molecular weight is 508 g/mol. The second-order valence-corrected chi connectivity index (χ2v) is 7.36. The highest BCUT2D eigenvalue weighted by Crippen LogP contribution is 2.15. The van der Waals surface area contributed by atoms with Crippen LogP contribution < -0.4 is 11.1 Å². The van der Waals surface area contributed by atoms with Crippen molar-refractivity contribution in [3.05, 3.63) is 65.2 Å². The first kappa shape index (κ1) is 23.2. The van der Waals surface area contributed by atoms with E-state index in [4.69, 9.17) is 10.5 Å². The number of hydrogen-bond acceptors (Lipinski definition) is 3. The quantitative estimate of drug-likeness (QED) is 0.374. The van der Waals surface area contributed by atoms with E-state index in [0.29, 0.717) is 31.2 Å². The summed E-state index contributed by atoms with van der Waals surface area (Å²) in [5.74, 6) is 0.401. The zero-order chi connectivity index (χ0) is 20.1. The van der Waals surface area contributed by atoms with E-state index in [1.54, 1.807) is 0 Å². The number of halogens is 1. The molecule has 7 heteroatoms. The summed E-state index contributed by atoms with van der Waals surface area (Å²) in [6.07, 6.45) is 0.121. The number of amides is 1. The Bertz CT molecular complexity index is 827. The van der Waals surface area contributed by atoms with Gasteiger partial charge in [-0.25, -0.2) is 4.99 Å². The first-order valence-corrected chi connectivity index (χ1v) is 9.58. The van der Waals surface area contributed by atoms with Gasteiger partial charge in [0.1, 0.15) is 0 Å². The summed E-state index contributed by atoms with van der Waals surface area (Å²) in [4.78, 5) is 18.9. The number of nitrogens with one attached hydrogen (secondary N) is 1. The smallest absolute Gasteiger partial charge is 0.254 e. The van der Waals surface area contributed by atoms with E-state index >= 15 is 0 Å². The zero-order valence-electron chi connectivity index (χ0n) is 17.1. The van der Waals surface area contributed by atoms with Crippen molar-refractivity contribution in [2.75, 3.05) is 18.4 Å². The number of nitrogens with two attached hydrogens (primary N) is 1. The number of aryl methyl sites for hydroxylation is 1. The van der Waals surface area contributed by atoms with E-state index in [1.807, 2.05) is 74.2 Å². The number of carbonyl (C=O) groups excluding carboxylic acids is 1. The van der Waals surface area contributed by atoms with Crippen molar-refractivity contribution in [1.82, 2.24) is 4.90 Å². The van der Waals surface area contributed by atoms with Gasteiger partial charge in [-0.2, -0.15) is 0 Å². The van der Waals surface area contributed by atoms with Crippen molar-refractivity contribution >= 4 is 41.5 Å². The lowest BCUT2D eigenvalue weighted by Gasteiger charge is -2.35. The third-order valence-electron chi connectivity index (χ3n) is 4.66. The van der Waals surface area contributed by atoms with Gasteiger partial charge in [-0.05, 0) is 50.6 Å². The maximum atomic E-state index is 12.7. The summed E-state index contributed by atoms with van der Waals surface area (Å²) in [7, 11) is 0. The van der Waals surface area contributed by atoms with E-state index in [0.717, 1.165) is 11.3 Å². The Morgan fingerprint density at radius 1 is 1.10 bits per heavy atom. The Morgan fingerprint density at radius 3 is 2.28 bits per heavy atom. The molecule has 2 aromatic rings. The minimum Gasteiger partial charge on any atom is -0.372 e. The molecule has 1 aliphatic heterocycles. The average Bonchev–Trinajstić information content (AvgIpc) is 2.67. The predicted octanol–water partition coefficient (Wildman–Crippen LogP) is 3.79. The van der Waals surface area contributed by atoms with Crippen LogP contribution in [-0.2, 0) is 11.3 Å². The van der Waals surface area contributed by atoms with Crippen LogP contribution in [0, 0.1) is 6.92 Å². The molecule has 1 fully saturated rings. The number of aliphatic imine (C=N–C) groups is 1. The Kier molecular flexibility index (Phi) is 8.45. The number of nitrogens with zero attached hydrogens (tertiary/aromatic N) is 2. The fourth-order valence-corrected chi connectivity index (χ4v) is 3.28. The molecule has 0 spiro atoms. The maximum Gasteiger partial charge on any atom is 0.254 e. The van der Waals surface area contributed by atoms with E-state index in [9.17, 15) is 4.79 Å². The van der Waals surface area contributed by atoms with Crippen LogP contribution in [0.4, 0.5) is 5.69 Å². The van der Waals surface area contributed by atoms with Crippen LogP contribution in [0.5, 0.6) is 0 Å². The lowest BCUT2D eigenvalue weighted by atomic mass is 10.1. The van der Waals surface area contributed by atoms with Crippen LogP contribution in [0.2, 0.25) is 0 Å². The Balaban J connectivity index is 0.00000300. The number of hydrogen-bond donors (Lipinski definition) is 2. The number of guanidine groups is 1. The first-order valence-electron chi connectivity index (χ1n) is 9.58. The summed E-state index contributed by atoms with van der Waals surface area (Å²) in [6, 6.07) is 15.5. The van der Waals surface area contributed by atoms with Crippen LogP contribution in [0.15, 0.2) is 53.5 Å². The number of benzene rings is 2. The maximum absolute atomic E-state index is 12.7. The number of morpholine rings is 1. The SMILES string of the molecule is Cc1ccc(NC(N)=NCc2ccc(C(=O)N3CC(C)OC(C)C3)cc2)cc1.I. The fourth-order valence-electron chi connectivity index (χ4n) is 3.28. The number of anilines is 1. The molecule has 2 unspecified atom stereocenters. The van der Waals surface area contributed by atoms with Gasteiger partial charge in [-0.15, -0.1) is 24.0 Å². The van der Waals surface area contributed by atoms with Gasteiger partial charge in [0.05, 0.1) is 18.8 Å². The van der Waals surface area contributed by atoms with Crippen LogP contribution in [0.25, 0.3) is 0 Å². The molecule has 3 N–H and O–H groups in total.